The molecule has 3 fully saturated rings. The fourth-order valence-corrected chi connectivity index (χ4v) is 6.69. The maximum absolute atomic E-state index is 14.1. The van der Waals surface area contributed by atoms with Crippen molar-refractivity contribution in [3.63, 3.8) is 0 Å². The van der Waals surface area contributed by atoms with Crippen molar-refractivity contribution in [2.45, 2.75) is 95.2 Å². The standard InChI is InChI=1S/C28H36ClN3O4/c1-26(2,3)31-24(34)22-28-15-14-27(4,36-28)20(23(33)30-19-8-6-5-7-9-19)21(28)25(35)32(22)16-17-10-12-18(29)13-11-17/h10-15,19-22H,5-9,16H2,1-4H3,(H,30,33)(H,31,34)/t20-,21-,22+,27-,28+/m1/s1. The molecular formula is C28H36ClN3O4. The summed E-state index contributed by atoms with van der Waals surface area (Å²) in [5, 5.41) is 6.86. The van der Waals surface area contributed by atoms with Crippen molar-refractivity contribution < 1.29 is 19.1 Å². The Morgan fingerprint density at radius 3 is 2.39 bits per heavy atom. The quantitative estimate of drug-likeness (QED) is 0.587. The molecule has 1 saturated carbocycles. The van der Waals surface area contributed by atoms with E-state index < -0.39 is 34.6 Å². The van der Waals surface area contributed by atoms with Crippen molar-refractivity contribution in [3.8, 4) is 0 Å². The molecule has 3 amide bonds. The summed E-state index contributed by atoms with van der Waals surface area (Å²) in [4.78, 5) is 43.1. The molecule has 0 aromatic heterocycles. The predicted octanol–water partition coefficient (Wildman–Crippen LogP) is 3.74. The summed E-state index contributed by atoms with van der Waals surface area (Å²) >= 11 is 6.07. The number of carbonyl (C=O) groups excluding carboxylic acids is 3. The molecule has 2 bridgehead atoms. The van der Waals surface area contributed by atoms with Crippen molar-refractivity contribution in [2.75, 3.05) is 0 Å². The topological polar surface area (TPSA) is 87.7 Å². The first kappa shape index (κ1) is 25.3. The smallest absolute Gasteiger partial charge is 0.246 e. The highest BCUT2D eigenvalue weighted by Gasteiger charge is 2.76. The lowest BCUT2D eigenvalue weighted by molar-refractivity contribution is -0.146. The highest BCUT2D eigenvalue weighted by molar-refractivity contribution is 6.30. The zero-order chi connectivity index (χ0) is 25.9. The number of rotatable bonds is 5. The molecule has 1 aliphatic carbocycles. The number of benzene rings is 1. The Bertz CT molecular complexity index is 1090. The Morgan fingerprint density at radius 1 is 1.08 bits per heavy atom. The van der Waals surface area contributed by atoms with Gasteiger partial charge < -0.3 is 20.3 Å². The van der Waals surface area contributed by atoms with E-state index in [0.717, 1.165) is 31.2 Å². The first-order valence-electron chi connectivity index (χ1n) is 13.0. The Balaban J connectivity index is 1.51. The number of amides is 3. The Hall–Kier alpha value is -2.38. The lowest BCUT2D eigenvalue weighted by atomic mass is 9.70. The first-order valence-corrected chi connectivity index (χ1v) is 13.4. The maximum Gasteiger partial charge on any atom is 0.246 e. The minimum Gasteiger partial charge on any atom is -0.356 e. The van der Waals surface area contributed by atoms with Crippen LogP contribution in [0, 0.1) is 11.8 Å². The van der Waals surface area contributed by atoms with Crippen LogP contribution in [0.1, 0.15) is 65.4 Å². The number of halogens is 1. The minimum absolute atomic E-state index is 0.121. The van der Waals surface area contributed by atoms with Crippen LogP contribution in [0.5, 0.6) is 0 Å². The van der Waals surface area contributed by atoms with Gasteiger partial charge in [0.25, 0.3) is 0 Å². The number of carbonyl (C=O) groups is 3. The third-order valence-corrected chi connectivity index (χ3v) is 8.30. The molecule has 5 rings (SSSR count). The summed E-state index contributed by atoms with van der Waals surface area (Å²) < 4.78 is 6.58. The predicted molar refractivity (Wildman–Crippen MR) is 137 cm³/mol. The number of hydrogen-bond donors (Lipinski definition) is 2. The van der Waals surface area contributed by atoms with E-state index in [4.69, 9.17) is 16.3 Å². The number of nitrogens with zero attached hydrogens (tertiary/aromatic N) is 1. The van der Waals surface area contributed by atoms with Gasteiger partial charge in [0.15, 0.2) is 0 Å². The molecule has 4 aliphatic rings. The Kier molecular flexibility index (Phi) is 6.23. The zero-order valence-electron chi connectivity index (χ0n) is 21.5. The van der Waals surface area contributed by atoms with E-state index in [1.165, 1.54) is 6.42 Å². The van der Waals surface area contributed by atoms with E-state index in [2.05, 4.69) is 10.6 Å². The zero-order valence-corrected chi connectivity index (χ0v) is 22.2. The summed E-state index contributed by atoms with van der Waals surface area (Å²) in [6.45, 7) is 7.80. The average Bonchev–Trinajstić information content (AvgIpc) is 3.36. The van der Waals surface area contributed by atoms with Crippen molar-refractivity contribution in [2.24, 2.45) is 11.8 Å². The Labute approximate surface area is 218 Å². The molecule has 5 atom stereocenters. The van der Waals surface area contributed by atoms with Gasteiger partial charge in [-0.15, -0.1) is 0 Å². The van der Waals surface area contributed by atoms with Crippen LogP contribution in [0.4, 0.5) is 0 Å². The summed E-state index contributed by atoms with van der Waals surface area (Å²) in [6.07, 6.45) is 9.02. The van der Waals surface area contributed by atoms with Crippen LogP contribution in [-0.2, 0) is 25.7 Å². The number of fused-ring (bicyclic) bond motifs is 1. The highest BCUT2D eigenvalue weighted by Crippen LogP contribution is 2.60. The molecule has 0 unspecified atom stereocenters. The molecule has 1 aromatic rings. The van der Waals surface area contributed by atoms with Crippen LogP contribution in [0.3, 0.4) is 0 Å². The number of ether oxygens (including phenoxy) is 1. The summed E-state index contributed by atoms with van der Waals surface area (Å²) in [7, 11) is 0. The van der Waals surface area contributed by atoms with Crippen LogP contribution in [0.15, 0.2) is 36.4 Å². The second-order valence-corrected chi connectivity index (χ2v) is 12.4. The molecule has 194 valence electrons. The van der Waals surface area contributed by atoms with Gasteiger partial charge in [-0.2, -0.15) is 0 Å². The van der Waals surface area contributed by atoms with Gasteiger partial charge in [0.1, 0.15) is 11.6 Å². The number of likely N-dealkylation sites (tertiary alicyclic amines) is 1. The van der Waals surface area contributed by atoms with E-state index in [-0.39, 0.29) is 30.3 Å². The van der Waals surface area contributed by atoms with Crippen molar-refractivity contribution >= 4 is 29.3 Å². The molecule has 36 heavy (non-hydrogen) atoms. The third kappa shape index (κ3) is 4.24. The van der Waals surface area contributed by atoms with Crippen molar-refractivity contribution in [3.05, 3.63) is 47.0 Å². The summed E-state index contributed by atoms with van der Waals surface area (Å²) in [6, 6.07) is 6.46. The van der Waals surface area contributed by atoms with Crippen molar-refractivity contribution in [1.29, 1.82) is 0 Å². The normalized spacial score (nSPS) is 33.6. The van der Waals surface area contributed by atoms with Gasteiger partial charge in [-0.25, -0.2) is 0 Å². The molecule has 3 aliphatic heterocycles. The summed E-state index contributed by atoms with van der Waals surface area (Å²) in [5.74, 6) is -2.13. The van der Waals surface area contributed by atoms with Gasteiger partial charge in [0.2, 0.25) is 17.7 Å². The van der Waals surface area contributed by atoms with Gasteiger partial charge in [-0.1, -0.05) is 55.1 Å². The average molecular weight is 514 g/mol. The van der Waals surface area contributed by atoms with E-state index in [9.17, 15) is 14.4 Å². The van der Waals surface area contributed by atoms with Gasteiger partial charge in [0.05, 0.1) is 17.4 Å². The molecule has 1 aromatic carbocycles. The van der Waals surface area contributed by atoms with E-state index in [1.54, 1.807) is 17.0 Å². The molecule has 3 heterocycles. The largest absolute Gasteiger partial charge is 0.356 e. The molecular weight excluding hydrogens is 478 g/mol. The fraction of sp³-hybridized carbons (Fsp3) is 0.607. The molecule has 8 heteroatoms. The van der Waals surface area contributed by atoms with Crippen LogP contribution in [0.25, 0.3) is 0 Å². The second kappa shape index (κ2) is 8.88. The van der Waals surface area contributed by atoms with E-state index in [1.807, 2.05) is 52.0 Å². The first-order chi connectivity index (χ1) is 16.9. The third-order valence-electron chi connectivity index (χ3n) is 8.04. The molecule has 0 radical (unpaired) electrons. The monoisotopic (exact) mass is 513 g/mol. The molecule has 1 spiro atoms. The summed E-state index contributed by atoms with van der Waals surface area (Å²) in [5.41, 5.74) is -1.78. The lowest BCUT2D eigenvalue weighted by Crippen LogP contribution is -2.57. The molecule has 2 N–H and O–H groups in total. The fourth-order valence-electron chi connectivity index (χ4n) is 6.56. The van der Waals surface area contributed by atoms with E-state index >= 15 is 0 Å². The second-order valence-electron chi connectivity index (χ2n) is 12.0. The van der Waals surface area contributed by atoms with Gasteiger partial charge >= 0.3 is 0 Å². The molecule has 2 saturated heterocycles. The van der Waals surface area contributed by atoms with E-state index in [0.29, 0.717) is 5.02 Å². The van der Waals surface area contributed by atoms with Gasteiger partial charge in [0, 0.05) is 23.1 Å². The highest BCUT2D eigenvalue weighted by atomic mass is 35.5. The van der Waals surface area contributed by atoms with Gasteiger partial charge in [-0.05, 0) is 58.2 Å². The molecule has 7 nitrogen and oxygen atoms in total. The lowest BCUT2D eigenvalue weighted by Gasteiger charge is -2.35. The minimum atomic E-state index is -1.19. The Morgan fingerprint density at radius 2 is 1.75 bits per heavy atom. The van der Waals surface area contributed by atoms with Crippen LogP contribution in [0.2, 0.25) is 5.02 Å². The van der Waals surface area contributed by atoms with Crippen LogP contribution in [-0.4, -0.2) is 51.4 Å². The van der Waals surface area contributed by atoms with Gasteiger partial charge in [-0.3, -0.25) is 14.4 Å². The van der Waals surface area contributed by atoms with Crippen LogP contribution < -0.4 is 10.6 Å². The van der Waals surface area contributed by atoms with Crippen molar-refractivity contribution in [1.82, 2.24) is 15.5 Å². The number of hydrogen-bond acceptors (Lipinski definition) is 4. The SMILES string of the molecule is CC(C)(C)NC(=O)[C@@H]1N(Cc2ccc(Cl)cc2)C(=O)[C@H]2[C@H](C(=O)NC3CCCCC3)[C@@]3(C)C=C[C@@]12O3. The number of nitrogens with one attached hydrogen (secondary N) is 2. The van der Waals surface area contributed by atoms with Crippen LogP contribution >= 0.6 is 11.6 Å². The maximum atomic E-state index is 14.1.